The van der Waals surface area contributed by atoms with Crippen molar-refractivity contribution in [3.8, 4) is 0 Å². The summed E-state index contributed by atoms with van der Waals surface area (Å²) >= 11 is 0. The molecule has 3 heteroatoms. The van der Waals surface area contributed by atoms with Crippen LogP contribution >= 0.6 is 0 Å². The first kappa shape index (κ1) is 12.9. The average Bonchev–Trinajstić information content (AvgIpc) is 2.66. The van der Waals surface area contributed by atoms with Gasteiger partial charge in [-0.15, -0.1) is 0 Å². The van der Waals surface area contributed by atoms with Crippen molar-refractivity contribution in [1.29, 1.82) is 0 Å². The van der Waals surface area contributed by atoms with Crippen LogP contribution in [0.2, 0.25) is 0 Å². The molecule has 0 spiro atoms. The quantitative estimate of drug-likeness (QED) is 0.741. The van der Waals surface area contributed by atoms with Crippen molar-refractivity contribution >= 4 is 5.78 Å². The summed E-state index contributed by atoms with van der Waals surface area (Å²) in [6.45, 7) is 9.12. The molecule has 1 heterocycles. The molecule has 0 unspecified atom stereocenters. The lowest BCUT2D eigenvalue weighted by molar-refractivity contribution is -0.126. The van der Waals surface area contributed by atoms with Gasteiger partial charge in [0.2, 0.25) is 0 Å². The van der Waals surface area contributed by atoms with Gasteiger partial charge >= 0.3 is 0 Å². The number of carbonyl (C=O) groups is 1. The van der Waals surface area contributed by atoms with E-state index in [0.29, 0.717) is 6.42 Å². The molecule has 0 aliphatic rings. The van der Waals surface area contributed by atoms with Gasteiger partial charge in [-0.25, -0.2) is 4.98 Å². The van der Waals surface area contributed by atoms with Gasteiger partial charge in [0, 0.05) is 24.4 Å². The van der Waals surface area contributed by atoms with Gasteiger partial charge in [-0.1, -0.05) is 27.7 Å². The number of Topliss-reactive ketones (excluding diaryl/α,β-unsaturated/α-hetero) is 1. The van der Waals surface area contributed by atoms with Crippen molar-refractivity contribution in [2.24, 2.45) is 5.41 Å². The van der Waals surface area contributed by atoms with E-state index in [4.69, 9.17) is 0 Å². The highest BCUT2D eigenvalue weighted by Crippen LogP contribution is 2.22. The highest BCUT2D eigenvalue weighted by molar-refractivity contribution is 5.85. The maximum absolute atomic E-state index is 12.1. The zero-order valence-electron chi connectivity index (χ0n) is 10.8. The molecule has 3 nitrogen and oxygen atoms in total. The number of imidazole rings is 1. The Morgan fingerprint density at radius 2 is 2.12 bits per heavy atom. The van der Waals surface area contributed by atoms with E-state index in [9.17, 15) is 4.79 Å². The zero-order valence-corrected chi connectivity index (χ0v) is 10.8. The van der Waals surface area contributed by atoms with Crippen molar-refractivity contribution in [2.75, 3.05) is 0 Å². The molecule has 0 bridgehead atoms. The molecule has 0 aromatic carbocycles. The molecule has 1 aromatic heterocycles. The molecule has 0 saturated carbocycles. The van der Waals surface area contributed by atoms with Crippen LogP contribution in [0.15, 0.2) is 12.4 Å². The van der Waals surface area contributed by atoms with Gasteiger partial charge in [0.05, 0.1) is 6.42 Å². The Hall–Kier alpha value is -1.12. The van der Waals surface area contributed by atoms with Gasteiger partial charge in [-0.3, -0.25) is 4.79 Å². The summed E-state index contributed by atoms with van der Waals surface area (Å²) in [5, 5.41) is 0. The molecule has 0 atom stereocenters. The van der Waals surface area contributed by atoms with Gasteiger partial charge in [0.1, 0.15) is 11.6 Å². The van der Waals surface area contributed by atoms with E-state index in [1.165, 1.54) is 0 Å². The molecule has 0 amide bonds. The Balaban J connectivity index is 2.73. The minimum Gasteiger partial charge on any atom is -0.335 e. The largest absolute Gasteiger partial charge is 0.335 e. The second-order valence-electron chi connectivity index (χ2n) is 4.87. The fraction of sp³-hybridized carbons (Fsp3) is 0.692. The van der Waals surface area contributed by atoms with Gasteiger partial charge in [-0.2, -0.15) is 0 Å². The monoisotopic (exact) mass is 222 g/mol. The highest BCUT2D eigenvalue weighted by Gasteiger charge is 2.26. The minimum atomic E-state index is -0.233. The Labute approximate surface area is 97.9 Å². The summed E-state index contributed by atoms with van der Waals surface area (Å²) in [6, 6.07) is 0. The average molecular weight is 222 g/mol. The first-order valence-electron chi connectivity index (χ1n) is 6.04. The molecule has 0 aliphatic carbocycles. The number of hydrogen-bond acceptors (Lipinski definition) is 2. The lowest BCUT2D eigenvalue weighted by Gasteiger charge is -2.20. The van der Waals surface area contributed by atoms with Crippen LogP contribution in [0.1, 0.15) is 46.4 Å². The molecule has 0 radical (unpaired) electrons. The SMILES string of the molecule is CCCn1ccnc1CC(=O)C(C)(C)CC. The molecule has 0 saturated heterocycles. The van der Waals surface area contributed by atoms with E-state index in [1.54, 1.807) is 6.20 Å². The molecule has 0 fully saturated rings. The molecule has 16 heavy (non-hydrogen) atoms. The maximum Gasteiger partial charge on any atom is 0.145 e. The van der Waals surface area contributed by atoms with Crippen LogP contribution in [0.4, 0.5) is 0 Å². The first-order valence-corrected chi connectivity index (χ1v) is 6.04. The Morgan fingerprint density at radius 1 is 1.44 bits per heavy atom. The Morgan fingerprint density at radius 3 is 2.69 bits per heavy atom. The molecule has 0 aliphatic heterocycles. The van der Waals surface area contributed by atoms with Crippen molar-refractivity contribution < 1.29 is 4.79 Å². The number of carbonyl (C=O) groups excluding carboxylic acids is 1. The minimum absolute atomic E-state index is 0.233. The van der Waals surface area contributed by atoms with Crippen LogP contribution in [0, 0.1) is 5.41 Å². The highest BCUT2D eigenvalue weighted by atomic mass is 16.1. The number of rotatable bonds is 6. The summed E-state index contributed by atoms with van der Waals surface area (Å²) < 4.78 is 2.07. The predicted molar refractivity (Wildman–Crippen MR) is 65.3 cm³/mol. The Bertz CT molecular complexity index is 353. The van der Waals surface area contributed by atoms with E-state index >= 15 is 0 Å². The smallest absolute Gasteiger partial charge is 0.145 e. The third-order valence-corrected chi connectivity index (χ3v) is 3.22. The molecular formula is C13H22N2O. The predicted octanol–water partition coefficient (Wildman–Crippen LogP) is 2.84. The van der Waals surface area contributed by atoms with E-state index in [1.807, 2.05) is 20.0 Å². The number of hydrogen-bond donors (Lipinski definition) is 0. The third-order valence-electron chi connectivity index (χ3n) is 3.22. The summed E-state index contributed by atoms with van der Waals surface area (Å²) in [5.74, 6) is 1.17. The third kappa shape index (κ3) is 2.94. The summed E-state index contributed by atoms with van der Waals surface area (Å²) in [4.78, 5) is 16.3. The number of nitrogens with zero attached hydrogens (tertiary/aromatic N) is 2. The molecular weight excluding hydrogens is 200 g/mol. The van der Waals surface area contributed by atoms with Crippen molar-refractivity contribution in [3.63, 3.8) is 0 Å². The van der Waals surface area contributed by atoms with Crippen molar-refractivity contribution in [3.05, 3.63) is 18.2 Å². The summed E-state index contributed by atoms with van der Waals surface area (Å²) in [5.41, 5.74) is -0.233. The van der Waals surface area contributed by atoms with Crippen LogP contribution in [0.3, 0.4) is 0 Å². The van der Waals surface area contributed by atoms with E-state index < -0.39 is 0 Å². The lowest BCUT2D eigenvalue weighted by Crippen LogP contribution is -2.26. The number of aryl methyl sites for hydroxylation is 1. The van der Waals surface area contributed by atoms with E-state index in [0.717, 1.165) is 25.2 Å². The Kier molecular flexibility index (Phi) is 4.27. The van der Waals surface area contributed by atoms with Crippen LogP contribution < -0.4 is 0 Å². The van der Waals surface area contributed by atoms with Crippen molar-refractivity contribution in [1.82, 2.24) is 9.55 Å². The van der Waals surface area contributed by atoms with Gasteiger partial charge in [0.25, 0.3) is 0 Å². The number of aromatic nitrogens is 2. The standard InChI is InChI=1S/C13H22N2O/c1-5-8-15-9-7-14-12(15)10-11(16)13(3,4)6-2/h7,9H,5-6,8,10H2,1-4H3. The van der Waals surface area contributed by atoms with E-state index in [2.05, 4.69) is 23.4 Å². The molecule has 1 rings (SSSR count). The maximum atomic E-state index is 12.1. The van der Waals surface area contributed by atoms with Gasteiger partial charge in [-0.05, 0) is 12.8 Å². The second-order valence-corrected chi connectivity index (χ2v) is 4.87. The second kappa shape index (κ2) is 5.28. The van der Waals surface area contributed by atoms with Crippen LogP contribution in [0.5, 0.6) is 0 Å². The van der Waals surface area contributed by atoms with E-state index in [-0.39, 0.29) is 11.2 Å². The molecule has 1 aromatic rings. The van der Waals surface area contributed by atoms with Crippen LogP contribution in [0.25, 0.3) is 0 Å². The summed E-state index contributed by atoms with van der Waals surface area (Å²) in [7, 11) is 0. The van der Waals surface area contributed by atoms with Crippen LogP contribution in [-0.4, -0.2) is 15.3 Å². The fourth-order valence-corrected chi connectivity index (χ4v) is 1.53. The van der Waals surface area contributed by atoms with Gasteiger partial charge < -0.3 is 4.57 Å². The first-order chi connectivity index (χ1) is 7.51. The molecule has 0 N–H and O–H groups in total. The zero-order chi connectivity index (χ0) is 12.2. The normalized spacial score (nSPS) is 11.8. The van der Waals surface area contributed by atoms with Crippen molar-refractivity contribution in [2.45, 2.75) is 53.5 Å². The topological polar surface area (TPSA) is 34.9 Å². The lowest BCUT2D eigenvalue weighted by atomic mass is 9.84. The summed E-state index contributed by atoms with van der Waals surface area (Å²) in [6.07, 6.45) is 6.12. The van der Waals surface area contributed by atoms with Gasteiger partial charge in [0.15, 0.2) is 0 Å². The van der Waals surface area contributed by atoms with Crippen LogP contribution in [-0.2, 0) is 17.8 Å². The fourth-order valence-electron chi connectivity index (χ4n) is 1.53. The number of ketones is 1. The molecule has 90 valence electrons.